The van der Waals surface area contributed by atoms with Crippen LogP contribution in [0.2, 0.25) is 0 Å². The number of amides is 1. The maximum atomic E-state index is 12.5. The summed E-state index contributed by atoms with van der Waals surface area (Å²) in [6, 6.07) is 16.9. The molecule has 3 aromatic rings. The van der Waals surface area contributed by atoms with Gasteiger partial charge in [-0.2, -0.15) is 0 Å². The third-order valence-corrected chi connectivity index (χ3v) is 3.63. The van der Waals surface area contributed by atoms with E-state index in [1.54, 1.807) is 31.4 Å². The zero-order valence-corrected chi connectivity index (χ0v) is 12.2. The van der Waals surface area contributed by atoms with Gasteiger partial charge in [-0.05, 0) is 11.6 Å². The molecule has 1 amide bonds. The van der Waals surface area contributed by atoms with Crippen molar-refractivity contribution in [1.82, 2.24) is 9.88 Å². The standard InChI is InChI=1S/C18H16N2O2/c1-20-12-16(14-9-5-6-10-15(14)18(20)22)17(21)19-11-13-7-3-2-4-8-13/h2-10,12H,11H2,1H3,(H,19,21). The Hall–Kier alpha value is -2.88. The van der Waals surface area contributed by atoms with E-state index >= 15 is 0 Å². The maximum Gasteiger partial charge on any atom is 0.258 e. The molecule has 0 aliphatic rings. The quantitative estimate of drug-likeness (QED) is 0.806. The summed E-state index contributed by atoms with van der Waals surface area (Å²) in [5.74, 6) is -0.185. The van der Waals surface area contributed by atoms with E-state index in [1.807, 2.05) is 36.4 Å². The zero-order valence-electron chi connectivity index (χ0n) is 12.2. The Kier molecular flexibility index (Phi) is 3.74. The summed E-state index contributed by atoms with van der Waals surface area (Å²) in [4.78, 5) is 24.6. The van der Waals surface area contributed by atoms with Crippen molar-refractivity contribution in [2.24, 2.45) is 7.05 Å². The molecule has 0 spiro atoms. The summed E-state index contributed by atoms with van der Waals surface area (Å²) < 4.78 is 1.44. The molecule has 2 aromatic carbocycles. The molecule has 0 saturated heterocycles. The molecule has 0 bridgehead atoms. The minimum absolute atomic E-state index is 0.102. The van der Waals surface area contributed by atoms with Gasteiger partial charge in [0.2, 0.25) is 0 Å². The molecule has 0 saturated carbocycles. The Morgan fingerprint density at radius 3 is 2.36 bits per heavy atom. The molecule has 0 aliphatic heterocycles. The first-order valence-corrected chi connectivity index (χ1v) is 7.07. The second-order valence-electron chi connectivity index (χ2n) is 5.17. The van der Waals surface area contributed by atoms with Crippen molar-refractivity contribution in [3.8, 4) is 0 Å². The lowest BCUT2D eigenvalue weighted by Gasteiger charge is -2.10. The third kappa shape index (κ3) is 2.63. The summed E-state index contributed by atoms with van der Waals surface area (Å²) in [6.07, 6.45) is 1.59. The van der Waals surface area contributed by atoms with Gasteiger partial charge >= 0.3 is 0 Å². The van der Waals surface area contributed by atoms with Crippen LogP contribution >= 0.6 is 0 Å². The first-order valence-electron chi connectivity index (χ1n) is 7.07. The number of nitrogens with zero attached hydrogens (tertiary/aromatic N) is 1. The van der Waals surface area contributed by atoms with Crippen LogP contribution in [0.5, 0.6) is 0 Å². The van der Waals surface area contributed by atoms with Gasteiger partial charge in [0, 0.05) is 30.6 Å². The largest absolute Gasteiger partial charge is 0.348 e. The molecule has 0 radical (unpaired) electrons. The first kappa shape index (κ1) is 14.1. The molecule has 4 heteroatoms. The van der Waals surface area contributed by atoms with Crippen molar-refractivity contribution in [1.29, 1.82) is 0 Å². The highest BCUT2D eigenvalue weighted by atomic mass is 16.2. The first-order chi connectivity index (χ1) is 10.7. The van der Waals surface area contributed by atoms with E-state index < -0.39 is 0 Å². The van der Waals surface area contributed by atoms with Crippen molar-refractivity contribution in [2.45, 2.75) is 6.54 Å². The number of pyridine rings is 1. The highest BCUT2D eigenvalue weighted by Gasteiger charge is 2.13. The predicted octanol–water partition coefficient (Wildman–Crippen LogP) is 2.47. The van der Waals surface area contributed by atoms with Crippen molar-refractivity contribution >= 4 is 16.7 Å². The summed E-state index contributed by atoms with van der Waals surface area (Å²) in [7, 11) is 1.66. The van der Waals surface area contributed by atoms with Gasteiger partial charge in [-0.15, -0.1) is 0 Å². The van der Waals surface area contributed by atoms with Crippen LogP contribution in [-0.4, -0.2) is 10.5 Å². The van der Waals surface area contributed by atoms with Crippen LogP contribution < -0.4 is 10.9 Å². The average Bonchev–Trinajstić information content (AvgIpc) is 2.57. The smallest absolute Gasteiger partial charge is 0.258 e. The molecule has 4 nitrogen and oxygen atoms in total. The molecular formula is C18H16N2O2. The molecule has 0 atom stereocenters. The summed E-state index contributed by atoms with van der Waals surface area (Å²) in [6.45, 7) is 0.455. The minimum Gasteiger partial charge on any atom is -0.348 e. The van der Waals surface area contributed by atoms with E-state index in [0.29, 0.717) is 22.9 Å². The molecule has 3 rings (SSSR count). The number of aryl methyl sites for hydroxylation is 1. The van der Waals surface area contributed by atoms with Crippen LogP contribution in [0.1, 0.15) is 15.9 Å². The van der Waals surface area contributed by atoms with Gasteiger partial charge < -0.3 is 9.88 Å². The van der Waals surface area contributed by atoms with E-state index in [-0.39, 0.29) is 11.5 Å². The number of hydrogen-bond donors (Lipinski definition) is 1. The van der Waals surface area contributed by atoms with Crippen molar-refractivity contribution in [3.05, 3.63) is 82.3 Å². The Labute approximate surface area is 128 Å². The molecule has 22 heavy (non-hydrogen) atoms. The van der Waals surface area contributed by atoms with Gasteiger partial charge in [0.1, 0.15) is 0 Å². The van der Waals surface area contributed by atoms with Crippen LogP contribution in [0, 0.1) is 0 Å². The second-order valence-corrected chi connectivity index (χ2v) is 5.17. The van der Waals surface area contributed by atoms with Crippen molar-refractivity contribution < 1.29 is 4.79 Å². The van der Waals surface area contributed by atoms with Crippen LogP contribution in [0.15, 0.2) is 65.6 Å². The summed E-state index contributed by atoms with van der Waals surface area (Å²) >= 11 is 0. The van der Waals surface area contributed by atoms with Gasteiger partial charge in [-0.25, -0.2) is 0 Å². The highest BCUT2D eigenvalue weighted by Crippen LogP contribution is 2.15. The normalized spacial score (nSPS) is 10.6. The Morgan fingerprint density at radius 2 is 1.64 bits per heavy atom. The van der Waals surface area contributed by atoms with E-state index in [2.05, 4.69) is 5.32 Å². The highest BCUT2D eigenvalue weighted by molar-refractivity contribution is 6.06. The monoisotopic (exact) mass is 292 g/mol. The van der Waals surface area contributed by atoms with Gasteiger partial charge in [-0.1, -0.05) is 48.5 Å². The van der Waals surface area contributed by atoms with Crippen LogP contribution in [0.3, 0.4) is 0 Å². The van der Waals surface area contributed by atoms with E-state index in [9.17, 15) is 9.59 Å². The van der Waals surface area contributed by atoms with Gasteiger partial charge in [-0.3, -0.25) is 9.59 Å². The third-order valence-electron chi connectivity index (χ3n) is 3.63. The number of fused-ring (bicyclic) bond motifs is 1. The van der Waals surface area contributed by atoms with Crippen LogP contribution in [-0.2, 0) is 13.6 Å². The number of rotatable bonds is 3. The lowest BCUT2D eigenvalue weighted by atomic mass is 10.1. The Bertz CT molecular complexity index is 882. The van der Waals surface area contributed by atoms with E-state index in [0.717, 1.165) is 5.56 Å². The number of nitrogens with one attached hydrogen (secondary N) is 1. The van der Waals surface area contributed by atoms with Crippen LogP contribution in [0.4, 0.5) is 0 Å². The molecule has 0 fully saturated rings. The summed E-state index contributed by atoms with van der Waals surface area (Å²) in [5.41, 5.74) is 1.44. The Balaban J connectivity index is 1.94. The SMILES string of the molecule is Cn1cc(C(=O)NCc2ccccc2)c2ccccc2c1=O. The maximum absolute atomic E-state index is 12.5. The fraction of sp³-hybridized carbons (Fsp3) is 0.111. The topological polar surface area (TPSA) is 51.1 Å². The van der Waals surface area contributed by atoms with Gasteiger partial charge in [0.25, 0.3) is 11.5 Å². The number of aromatic nitrogens is 1. The second kappa shape index (κ2) is 5.85. The molecule has 1 aromatic heterocycles. The fourth-order valence-electron chi connectivity index (χ4n) is 2.47. The predicted molar refractivity (Wildman–Crippen MR) is 86.8 cm³/mol. The number of carbonyl (C=O) groups excluding carboxylic acids is 1. The van der Waals surface area contributed by atoms with Gasteiger partial charge in [0.15, 0.2) is 0 Å². The molecule has 110 valence electrons. The lowest BCUT2D eigenvalue weighted by Crippen LogP contribution is -2.26. The molecule has 1 heterocycles. The minimum atomic E-state index is -0.185. The number of benzene rings is 2. The van der Waals surface area contributed by atoms with E-state index in [4.69, 9.17) is 0 Å². The Morgan fingerprint density at radius 1 is 1.00 bits per heavy atom. The molecular weight excluding hydrogens is 276 g/mol. The van der Waals surface area contributed by atoms with Crippen molar-refractivity contribution in [2.75, 3.05) is 0 Å². The summed E-state index contributed by atoms with van der Waals surface area (Å²) in [5, 5.41) is 4.13. The lowest BCUT2D eigenvalue weighted by molar-refractivity contribution is 0.0952. The number of carbonyl (C=O) groups is 1. The molecule has 0 unspecified atom stereocenters. The van der Waals surface area contributed by atoms with Crippen molar-refractivity contribution in [3.63, 3.8) is 0 Å². The molecule has 0 aliphatic carbocycles. The van der Waals surface area contributed by atoms with E-state index in [1.165, 1.54) is 4.57 Å². The van der Waals surface area contributed by atoms with Gasteiger partial charge in [0.05, 0.1) is 5.56 Å². The fourth-order valence-corrected chi connectivity index (χ4v) is 2.47. The zero-order chi connectivity index (χ0) is 15.5. The van der Waals surface area contributed by atoms with Crippen LogP contribution in [0.25, 0.3) is 10.8 Å². The molecule has 1 N–H and O–H groups in total. The number of hydrogen-bond acceptors (Lipinski definition) is 2. The average molecular weight is 292 g/mol.